The molecule has 0 aliphatic rings. The largest absolute Gasteiger partial charge is 0.504 e. The molecular formula is C14H14N2O4. The number of aryl methyl sites for hydroxylation is 1. The fraction of sp³-hybridized carbons (Fsp3) is 0.0714. The minimum Gasteiger partial charge on any atom is -0.504 e. The summed E-state index contributed by atoms with van der Waals surface area (Å²) in [6.07, 6.45) is 0. The molecule has 0 aliphatic heterocycles. The Morgan fingerprint density at radius 2 is 1.40 bits per heavy atom. The molecule has 0 heterocycles. The fourth-order valence-corrected chi connectivity index (χ4v) is 1.61. The maximum Gasteiger partial charge on any atom is 0.323 e. The molecule has 6 nitrogen and oxygen atoms in total. The van der Waals surface area contributed by atoms with E-state index in [1.54, 1.807) is 12.1 Å². The zero-order chi connectivity index (χ0) is 14.7. The molecule has 5 N–H and O–H groups in total. The van der Waals surface area contributed by atoms with Gasteiger partial charge in [-0.25, -0.2) is 4.79 Å². The second-order valence-electron chi connectivity index (χ2n) is 4.31. The number of hydrogen-bond donors (Lipinski definition) is 5. The molecule has 0 saturated heterocycles. The summed E-state index contributed by atoms with van der Waals surface area (Å²) < 4.78 is 0. The van der Waals surface area contributed by atoms with E-state index in [4.69, 9.17) is 0 Å². The molecule has 0 aromatic heterocycles. The number of amides is 2. The number of nitrogens with one attached hydrogen (secondary N) is 2. The molecule has 2 rings (SSSR count). The Morgan fingerprint density at radius 3 is 1.95 bits per heavy atom. The zero-order valence-electron chi connectivity index (χ0n) is 10.7. The van der Waals surface area contributed by atoms with Crippen LogP contribution >= 0.6 is 0 Å². The first-order valence-corrected chi connectivity index (χ1v) is 5.85. The Morgan fingerprint density at radius 1 is 0.900 bits per heavy atom. The Hall–Kier alpha value is -2.89. The number of aromatic hydroxyl groups is 3. The van der Waals surface area contributed by atoms with Crippen molar-refractivity contribution >= 4 is 17.4 Å². The van der Waals surface area contributed by atoms with Crippen LogP contribution in [0.25, 0.3) is 0 Å². The van der Waals surface area contributed by atoms with Crippen LogP contribution in [0.3, 0.4) is 0 Å². The van der Waals surface area contributed by atoms with Crippen molar-refractivity contribution in [2.75, 3.05) is 10.6 Å². The van der Waals surface area contributed by atoms with Crippen molar-refractivity contribution in [1.82, 2.24) is 0 Å². The van der Waals surface area contributed by atoms with Crippen LogP contribution in [0.5, 0.6) is 17.2 Å². The van der Waals surface area contributed by atoms with Crippen LogP contribution in [0.2, 0.25) is 0 Å². The highest BCUT2D eigenvalue weighted by molar-refractivity contribution is 6.00. The van der Waals surface area contributed by atoms with Crippen LogP contribution in [0.15, 0.2) is 36.4 Å². The summed E-state index contributed by atoms with van der Waals surface area (Å²) in [7, 11) is 0. The van der Waals surface area contributed by atoms with Crippen molar-refractivity contribution in [3.05, 3.63) is 42.0 Å². The highest BCUT2D eigenvalue weighted by Crippen LogP contribution is 2.37. The fourth-order valence-electron chi connectivity index (χ4n) is 1.61. The quantitative estimate of drug-likeness (QED) is 0.429. The van der Waals surface area contributed by atoms with Crippen molar-refractivity contribution < 1.29 is 20.1 Å². The summed E-state index contributed by atoms with van der Waals surface area (Å²) >= 11 is 0. The van der Waals surface area contributed by atoms with Crippen molar-refractivity contribution in [2.45, 2.75) is 6.92 Å². The lowest BCUT2D eigenvalue weighted by molar-refractivity contribution is 0.262. The third-order valence-corrected chi connectivity index (χ3v) is 2.64. The lowest BCUT2D eigenvalue weighted by Crippen LogP contribution is -2.19. The van der Waals surface area contributed by atoms with Gasteiger partial charge in [0.25, 0.3) is 0 Å². The van der Waals surface area contributed by atoms with Gasteiger partial charge in [0.2, 0.25) is 0 Å². The predicted octanol–water partition coefficient (Wildman–Crippen LogP) is 2.76. The smallest absolute Gasteiger partial charge is 0.323 e. The van der Waals surface area contributed by atoms with Crippen LogP contribution in [-0.2, 0) is 0 Å². The van der Waals surface area contributed by atoms with E-state index in [2.05, 4.69) is 10.6 Å². The summed E-state index contributed by atoms with van der Waals surface area (Å²) in [5.74, 6) is -1.67. The molecule has 2 aromatic carbocycles. The summed E-state index contributed by atoms with van der Waals surface area (Å²) in [4.78, 5) is 11.7. The van der Waals surface area contributed by atoms with Gasteiger partial charge in [0.05, 0.1) is 5.69 Å². The van der Waals surface area contributed by atoms with Crippen LogP contribution in [-0.4, -0.2) is 21.4 Å². The summed E-state index contributed by atoms with van der Waals surface area (Å²) in [6, 6.07) is 8.94. The highest BCUT2D eigenvalue weighted by Gasteiger charge is 2.10. The molecule has 0 aliphatic carbocycles. The SMILES string of the molecule is Cc1ccc(NC(=O)Nc2cc(O)c(O)c(O)c2)cc1. The van der Waals surface area contributed by atoms with Crippen molar-refractivity contribution in [3.8, 4) is 17.2 Å². The van der Waals surface area contributed by atoms with Gasteiger partial charge in [-0.3, -0.25) is 0 Å². The molecule has 2 aromatic rings. The van der Waals surface area contributed by atoms with E-state index in [0.29, 0.717) is 5.69 Å². The van der Waals surface area contributed by atoms with Gasteiger partial charge < -0.3 is 26.0 Å². The van der Waals surface area contributed by atoms with Crippen LogP contribution in [0.4, 0.5) is 16.2 Å². The molecular weight excluding hydrogens is 260 g/mol. The third kappa shape index (κ3) is 3.11. The van der Waals surface area contributed by atoms with Crippen LogP contribution in [0, 0.1) is 6.92 Å². The minimum atomic E-state index is -0.630. The lowest BCUT2D eigenvalue weighted by atomic mass is 10.2. The Bertz CT molecular complexity index is 615. The summed E-state index contributed by atoms with van der Waals surface area (Å²) in [5.41, 5.74) is 1.84. The first-order chi connectivity index (χ1) is 9.45. The average molecular weight is 274 g/mol. The highest BCUT2D eigenvalue weighted by atomic mass is 16.3. The Balaban J connectivity index is 2.06. The number of carbonyl (C=O) groups is 1. The number of phenolic OH excluding ortho intramolecular Hbond substituents is 3. The molecule has 0 atom stereocenters. The predicted molar refractivity (Wildman–Crippen MR) is 75.3 cm³/mol. The summed E-state index contributed by atoms with van der Waals surface area (Å²) in [5, 5.41) is 32.9. The van der Waals surface area contributed by atoms with E-state index < -0.39 is 23.3 Å². The van der Waals surface area contributed by atoms with Crippen LogP contribution in [0.1, 0.15) is 5.56 Å². The van der Waals surface area contributed by atoms with E-state index in [1.807, 2.05) is 19.1 Å². The zero-order valence-corrected chi connectivity index (χ0v) is 10.7. The van der Waals surface area contributed by atoms with Gasteiger partial charge in [-0.15, -0.1) is 0 Å². The first-order valence-electron chi connectivity index (χ1n) is 5.85. The summed E-state index contributed by atoms with van der Waals surface area (Å²) in [6.45, 7) is 1.94. The molecule has 0 fully saturated rings. The molecule has 0 saturated carbocycles. The minimum absolute atomic E-state index is 0.155. The van der Waals surface area contributed by atoms with E-state index in [1.165, 1.54) is 0 Å². The van der Waals surface area contributed by atoms with Gasteiger partial charge in [0.1, 0.15) is 0 Å². The molecule has 2 amide bonds. The molecule has 0 radical (unpaired) electrons. The van der Waals surface area contributed by atoms with Crippen molar-refractivity contribution in [3.63, 3.8) is 0 Å². The van der Waals surface area contributed by atoms with Gasteiger partial charge in [0.15, 0.2) is 17.2 Å². The van der Waals surface area contributed by atoms with Gasteiger partial charge in [-0.05, 0) is 19.1 Å². The number of phenols is 3. The number of carbonyl (C=O) groups excluding carboxylic acids is 1. The van der Waals surface area contributed by atoms with Gasteiger partial charge in [-0.2, -0.15) is 0 Å². The normalized spacial score (nSPS) is 10.1. The Labute approximate surface area is 115 Å². The second-order valence-corrected chi connectivity index (χ2v) is 4.31. The van der Waals surface area contributed by atoms with E-state index >= 15 is 0 Å². The molecule has 104 valence electrons. The average Bonchev–Trinajstić information content (AvgIpc) is 2.38. The van der Waals surface area contributed by atoms with E-state index in [9.17, 15) is 20.1 Å². The van der Waals surface area contributed by atoms with E-state index in [-0.39, 0.29) is 5.69 Å². The van der Waals surface area contributed by atoms with Crippen molar-refractivity contribution in [2.24, 2.45) is 0 Å². The van der Waals surface area contributed by atoms with Gasteiger partial charge in [0, 0.05) is 17.8 Å². The monoisotopic (exact) mass is 274 g/mol. The first kappa shape index (κ1) is 13.5. The third-order valence-electron chi connectivity index (χ3n) is 2.64. The number of benzene rings is 2. The van der Waals surface area contributed by atoms with Crippen molar-refractivity contribution in [1.29, 1.82) is 0 Å². The number of anilines is 2. The lowest BCUT2D eigenvalue weighted by Gasteiger charge is -2.09. The maximum atomic E-state index is 11.7. The number of urea groups is 1. The number of hydrogen-bond acceptors (Lipinski definition) is 4. The second kappa shape index (κ2) is 5.40. The Kier molecular flexibility index (Phi) is 3.65. The maximum absolute atomic E-state index is 11.7. The van der Waals surface area contributed by atoms with Crippen LogP contribution < -0.4 is 10.6 Å². The van der Waals surface area contributed by atoms with Gasteiger partial charge in [-0.1, -0.05) is 17.7 Å². The number of rotatable bonds is 2. The standard InChI is InChI=1S/C14H14N2O4/c1-8-2-4-9(5-3-8)15-14(20)16-10-6-11(17)13(19)12(18)7-10/h2-7,17-19H,1H3,(H2,15,16,20). The van der Waals surface area contributed by atoms with Gasteiger partial charge >= 0.3 is 6.03 Å². The molecule has 0 spiro atoms. The molecule has 0 unspecified atom stereocenters. The van der Waals surface area contributed by atoms with E-state index in [0.717, 1.165) is 17.7 Å². The molecule has 20 heavy (non-hydrogen) atoms. The topological polar surface area (TPSA) is 102 Å². The molecule has 0 bridgehead atoms. The molecule has 6 heteroatoms.